The van der Waals surface area contributed by atoms with Gasteiger partial charge in [0, 0.05) is 17.8 Å². The quantitative estimate of drug-likeness (QED) is 0.881. The van der Waals surface area contributed by atoms with Gasteiger partial charge in [-0.05, 0) is 27.3 Å². The molecule has 0 aliphatic rings. The fourth-order valence-electron chi connectivity index (χ4n) is 2.22. The summed E-state index contributed by atoms with van der Waals surface area (Å²) in [6, 6.07) is 0.256. The predicted octanol–water partition coefficient (Wildman–Crippen LogP) is 2.26. The van der Waals surface area contributed by atoms with Crippen LogP contribution in [0.3, 0.4) is 0 Å². The van der Waals surface area contributed by atoms with Crippen LogP contribution in [0.4, 0.5) is 0 Å². The Balaban J connectivity index is 2.19. The van der Waals surface area contributed by atoms with Crippen molar-refractivity contribution in [3.8, 4) is 0 Å². The van der Waals surface area contributed by atoms with Crippen molar-refractivity contribution in [1.82, 2.24) is 25.1 Å². The van der Waals surface area contributed by atoms with Crippen molar-refractivity contribution in [2.24, 2.45) is 0 Å². The number of thiazole rings is 1. The molecule has 0 bridgehead atoms. The molecule has 0 amide bonds. The first kappa shape index (κ1) is 14.1. The Morgan fingerprint density at radius 1 is 1.42 bits per heavy atom. The molecule has 1 unspecified atom stereocenters. The van der Waals surface area contributed by atoms with Gasteiger partial charge in [0.15, 0.2) is 0 Å². The van der Waals surface area contributed by atoms with E-state index in [9.17, 15) is 0 Å². The fraction of sp³-hybridized carbons (Fsp3) is 0.615. The zero-order chi connectivity index (χ0) is 13.8. The third-order valence-corrected chi connectivity index (χ3v) is 4.31. The highest BCUT2D eigenvalue weighted by Crippen LogP contribution is 2.26. The second-order valence-corrected chi connectivity index (χ2v) is 5.86. The molecule has 6 heteroatoms. The van der Waals surface area contributed by atoms with Crippen molar-refractivity contribution in [3.05, 3.63) is 27.7 Å². The lowest BCUT2D eigenvalue weighted by Gasteiger charge is -2.15. The van der Waals surface area contributed by atoms with E-state index in [1.54, 1.807) is 17.7 Å². The normalized spacial score (nSPS) is 12.8. The highest BCUT2D eigenvalue weighted by Gasteiger charge is 2.18. The molecule has 0 aliphatic heterocycles. The van der Waals surface area contributed by atoms with Gasteiger partial charge in [0.2, 0.25) is 0 Å². The number of aromatic nitrogens is 4. The summed E-state index contributed by atoms with van der Waals surface area (Å²) in [5.41, 5.74) is 1.11. The van der Waals surface area contributed by atoms with Crippen LogP contribution in [0.2, 0.25) is 0 Å². The van der Waals surface area contributed by atoms with Crippen molar-refractivity contribution in [3.63, 3.8) is 0 Å². The number of hydrogen-bond acceptors (Lipinski definition) is 5. The number of nitrogens with zero attached hydrogens (tertiary/aromatic N) is 4. The van der Waals surface area contributed by atoms with Crippen molar-refractivity contribution in [1.29, 1.82) is 0 Å². The highest BCUT2D eigenvalue weighted by molar-refractivity contribution is 7.11. The number of aryl methyl sites for hydroxylation is 3. The van der Waals surface area contributed by atoms with E-state index in [0.29, 0.717) is 0 Å². The summed E-state index contributed by atoms with van der Waals surface area (Å²) in [6.07, 6.45) is 3.56. The average molecular weight is 279 g/mol. The third-order valence-electron chi connectivity index (χ3n) is 3.12. The summed E-state index contributed by atoms with van der Waals surface area (Å²) in [5.74, 6) is 1.03. The van der Waals surface area contributed by atoms with E-state index in [1.165, 1.54) is 4.88 Å². The molecule has 0 aromatic carbocycles. The van der Waals surface area contributed by atoms with Crippen molar-refractivity contribution < 1.29 is 0 Å². The lowest BCUT2D eigenvalue weighted by molar-refractivity contribution is 0.519. The lowest BCUT2D eigenvalue weighted by atomic mass is 10.1. The average Bonchev–Trinajstić information content (AvgIpc) is 2.94. The molecule has 0 spiro atoms. The van der Waals surface area contributed by atoms with E-state index >= 15 is 0 Å². The molecule has 0 saturated heterocycles. The summed E-state index contributed by atoms with van der Waals surface area (Å²) in [4.78, 5) is 10.2. The molecule has 5 nitrogen and oxygen atoms in total. The molecule has 0 aliphatic carbocycles. The molecule has 19 heavy (non-hydrogen) atoms. The minimum Gasteiger partial charge on any atom is -0.312 e. The van der Waals surface area contributed by atoms with Crippen molar-refractivity contribution in [2.45, 2.75) is 46.2 Å². The van der Waals surface area contributed by atoms with E-state index in [0.717, 1.165) is 35.9 Å². The van der Waals surface area contributed by atoms with Gasteiger partial charge in [0.25, 0.3) is 0 Å². The highest BCUT2D eigenvalue weighted by atomic mass is 32.1. The van der Waals surface area contributed by atoms with Crippen LogP contribution >= 0.6 is 11.3 Å². The van der Waals surface area contributed by atoms with Gasteiger partial charge in [-0.3, -0.25) is 4.68 Å². The topological polar surface area (TPSA) is 55.6 Å². The Labute approximate surface area is 118 Å². The van der Waals surface area contributed by atoms with Crippen LogP contribution in [0.5, 0.6) is 0 Å². The minimum atomic E-state index is 0.256. The second kappa shape index (κ2) is 6.25. The SMILES string of the molecule is CCCn1ncnc1CC(NC)c1sc(C)nc1C. The summed E-state index contributed by atoms with van der Waals surface area (Å²) in [5, 5.41) is 8.76. The maximum Gasteiger partial charge on any atom is 0.138 e. The molecule has 0 radical (unpaired) electrons. The van der Waals surface area contributed by atoms with E-state index in [1.807, 2.05) is 18.7 Å². The van der Waals surface area contributed by atoms with Crippen LogP contribution in [0.25, 0.3) is 0 Å². The molecule has 0 fully saturated rings. The first-order valence-electron chi connectivity index (χ1n) is 6.63. The number of hydrogen-bond donors (Lipinski definition) is 1. The molecule has 0 saturated carbocycles. The number of rotatable bonds is 6. The minimum absolute atomic E-state index is 0.256. The Morgan fingerprint density at radius 3 is 2.79 bits per heavy atom. The van der Waals surface area contributed by atoms with Gasteiger partial charge in [-0.2, -0.15) is 5.10 Å². The first-order valence-corrected chi connectivity index (χ1v) is 7.45. The smallest absolute Gasteiger partial charge is 0.138 e. The van der Waals surface area contributed by atoms with Crippen LogP contribution in [0.15, 0.2) is 6.33 Å². The van der Waals surface area contributed by atoms with E-state index in [-0.39, 0.29) is 6.04 Å². The molecule has 2 aromatic rings. The molecular weight excluding hydrogens is 258 g/mol. The number of nitrogens with one attached hydrogen (secondary N) is 1. The van der Waals surface area contributed by atoms with Gasteiger partial charge >= 0.3 is 0 Å². The summed E-state index contributed by atoms with van der Waals surface area (Å²) < 4.78 is 1.99. The Bertz CT molecular complexity index is 531. The van der Waals surface area contributed by atoms with Gasteiger partial charge in [-0.25, -0.2) is 9.97 Å². The Hall–Kier alpha value is -1.27. The fourth-order valence-corrected chi connectivity index (χ4v) is 3.26. The van der Waals surface area contributed by atoms with Gasteiger partial charge in [0.1, 0.15) is 12.2 Å². The second-order valence-electron chi connectivity index (χ2n) is 4.63. The zero-order valence-corrected chi connectivity index (χ0v) is 12.8. The molecule has 104 valence electrons. The van der Waals surface area contributed by atoms with Gasteiger partial charge < -0.3 is 5.32 Å². The summed E-state index contributed by atoms with van der Waals surface area (Å²) in [7, 11) is 1.99. The number of likely N-dealkylation sites (N-methyl/N-ethyl adjacent to an activating group) is 1. The first-order chi connectivity index (χ1) is 9.15. The largest absolute Gasteiger partial charge is 0.312 e. The maximum absolute atomic E-state index is 4.50. The molecule has 2 heterocycles. The molecule has 2 aromatic heterocycles. The van der Waals surface area contributed by atoms with Gasteiger partial charge in [-0.15, -0.1) is 11.3 Å². The van der Waals surface area contributed by atoms with Crippen LogP contribution in [-0.4, -0.2) is 26.8 Å². The predicted molar refractivity (Wildman–Crippen MR) is 77.4 cm³/mol. The van der Waals surface area contributed by atoms with E-state index in [2.05, 4.69) is 34.2 Å². The van der Waals surface area contributed by atoms with Crippen LogP contribution < -0.4 is 5.32 Å². The zero-order valence-electron chi connectivity index (χ0n) is 12.0. The van der Waals surface area contributed by atoms with Crippen molar-refractivity contribution >= 4 is 11.3 Å². The summed E-state index contributed by atoms with van der Waals surface area (Å²) >= 11 is 1.76. The van der Waals surface area contributed by atoms with Gasteiger partial charge in [-0.1, -0.05) is 6.92 Å². The Kier molecular flexibility index (Phi) is 4.66. The standard InChI is InChI=1S/C13H21N5S/c1-5-6-18-12(15-8-16-18)7-11(14-4)13-9(2)17-10(3)19-13/h8,11,14H,5-7H2,1-4H3. The van der Waals surface area contributed by atoms with Crippen LogP contribution in [0.1, 0.15) is 40.8 Å². The lowest BCUT2D eigenvalue weighted by Crippen LogP contribution is -2.21. The Morgan fingerprint density at radius 2 is 2.21 bits per heavy atom. The van der Waals surface area contributed by atoms with Crippen LogP contribution in [-0.2, 0) is 13.0 Å². The van der Waals surface area contributed by atoms with Gasteiger partial charge in [0.05, 0.1) is 16.7 Å². The van der Waals surface area contributed by atoms with Crippen LogP contribution in [0, 0.1) is 13.8 Å². The monoisotopic (exact) mass is 279 g/mol. The molecular formula is C13H21N5S. The van der Waals surface area contributed by atoms with E-state index < -0.39 is 0 Å². The molecule has 1 atom stereocenters. The molecule has 2 rings (SSSR count). The molecule has 1 N–H and O–H groups in total. The maximum atomic E-state index is 4.50. The van der Waals surface area contributed by atoms with E-state index in [4.69, 9.17) is 0 Å². The summed E-state index contributed by atoms with van der Waals surface area (Å²) in [6.45, 7) is 7.19. The third kappa shape index (κ3) is 3.19. The van der Waals surface area contributed by atoms with Crippen molar-refractivity contribution in [2.75, 3.05) is 7.05 Å².